The molecule has 0 radical (unpaired) electrons. The highest BCUT2D eigenvalue weighted by Crippen LogP contribution is 2.21. The molecule has 0 N–H and O–H groups in total. The van der Waals surface area contributed by atoms with E-state index in [2.05, 4.69) is 15.1 Å². The molecule has 0 bridgehead atoms. The lowest BCUT2D eigenvalue weighted by molar-refractivity contribution is -0.144. The van der Waals surface area contributed by atoms with Gasteiger partial charge in [0.2, 0.25) is 5.82 Å². The molecular formula is C18H17N3O4. The highest BCUT2D eigenvalue weighted by molar-refractivity contribution is 5.72. The number of rotatable bonds is 6. The van der Waals surface area contributed by atoms with E-state index < -0.39 is 0 Å². The molecule has 3 rings (SSSR count). The zero-order valence-electron chi connectivity index (χ0n) is 13.9. The number of ether oxygens (including phenoxy) is 2. The van der Waals surface area contributed by atoms with E-state index in [1.165, 1.54) is 0 Å². The van der Waals surface area contributed by atoms with Crippen molar-refractivity contribution < 1.29 is 18.8 Å². The van der Waals surface area contributed by atoms with E-state index in [4.69, 9.17) is 14.0 Å². The number of nitrogens with zero attached hydrogens (tertiary/aromatic N) is 3. The summed E-state index contributed by atoms with van der Waals surface area (Å²) in [5.74, 6) is 0.953. The van der Waals surface area contributed by atoms with Gasteiger partial charge in [-0.1, -0.05) is 23.4 Å². The summed E-state index contributed by atoms with van der Waals surface area (Å²) < 4.78 is 15.5. The zero-order valence-corrected chi connectivity index (χ0v) is 13.9. The number of carbonyl (C=O) groups is 1. The predicted molar refractivity (Wildman–Crippen MR) is 88.8 cm³/mol. The minimum atomic E-state index is -0.383. The summed E-state index contributed by atoms with van der Waals surface area (Å²) in [6.45, 7) is 1.81. The van der Waals surface area contributed by atoms with Crippen molar-refractivity contribution in [3.05, 3.63) is 59.7 Å². The SMILES string of the molecule is COc1cccc(-c2noc(COC(=O)Cc3ccc(C)nc3)n2)c1. The van der Waals surface area contributed by atoms with Crippen LogP contribution in [0, 0.1) is 6.92 Å². The van der Waals surface area contributed by atoms with E-state index in [1.54, 1.807) is 19.4 Å². The molecule has 0 amide bonds. The highest BCUT2D eigenvalue weighted by atomic mass is 16.6. The van der Waals surface area contributed by atoms with E-state index >= 15 is 0 Å². The van der Waals surface area contributed by atoms with E-state index in [0.717, 1.165) is 16.8 Å². The Bertz CT molecular complexity index is 859. The van der Waals surface area contributed by atoms with Gasteiger partial charge in [-0.25, -0.2) is 0 Å². The molecule has 1 aromatic carbocycles. The van der Waals surface area contributed by atoms with Crippen molar-refractivity contribution in [2.75, 3.05) is 7.11 Å². The lowest BCUT2D eigenvalue weighted by atomic mass is 10.2. The normalized spacial score (nSPS) is 10.5. The maximum absolute atomic E-state index is 11.9. The Morgan fingerprint density at radius 3 is 2.88 bits per heavy atom. The maximum atomic E-state index is 11.9. The van der Waals surface area contributed by atoms with Crippen molar-refractivity contribution >= 4 is 5.97 Å². The average molecular weight is 339 g/mol. The van der Waals surface area contributed by atoms with Crippen LogP contribution in [0.1, 0.15) is 17.1 Å². The second-order valence-corrected chi connectivity index (χ2v) is 5.39. The van der Waals surface area contributed by atoms with E-state index in [1.807, 2.05) is 37.3 Å². The topological polar surface area (TPSA) is 87.3 Å². The van der Waals surface area contributed by atoms with Crippen molar-refractivity contribution in [3.8, 4) is 17.1 Å². The average Bonchev–Trinajstić information content (AvgIpc) is 3.11. The Kier molecular flexibility index (Phi) is 5.03. The van der Waals surface area contributed by atoms with Crippen molar-refractivity contribution in [2.24, 2.45) is 0 Å². The number of hydrogen-bond donors (Lipinski definition) is 0. The lowest BCUT2D eigenvalue weighted by Crippen LogP contribution is -2.08. The molecule has 0 fully saturated rings. The molecule has 0 aliphatic carbocycles. The second-order valence-electron chi connectivity index (χ2n) is 5.39. The van der Waals surface area contributed by atoms with Crippen LogP contribution in [0.2, 0.25) is 0 Å². The van der Waals surface area contributed by atoms with Crippen LogP contribution in [0.5, 0.6) is 5.75 Å². The Balaban J connectivity index is 1.57. The fourth-order valence-corrected chi connectivity index (χ4v) is 2.16. The van der Waals surface area contributed by atoms with Gasteiger partial charge in [0.1, 0.15) is 5.75 Å². The van der Waals surface area contributed by atoms with Gasteiger partial charge in [0.25, 0.3) is 5.89 Å². The first-order valence-electron chi connectivity index (χ1n) is 7.68. The number of aromatic nitrogens is 3. The Morgan fingerprint density at radius 2 is 2.12 bits per heavy atom. The van der Waals surface area contributed by atoms with Gasteiger partial charge in [0, 0.05) is 17.5 Å². The third-order valence-electron chi connectivity index (χ3n) is 3.47. The van der Waals surface area contributed by atoms with E-state index in [9.17, 15) is 4.79 Å². The third kappa shape index (κ3) is 4.41. The lowest BCUT2D eigenvalue weighted by Gasteiger charge is -2.02. The van der Waals surface area contributed by atoms with E-state index in [0.29, 0.717) is 11.6 Å². The Morgan fingerprint density at radius 1 is 1.24 bits per heavy atom. The Labute approximate surface area is 144 Å². The van der Waals surface area contributed by atoms with Crippen LogP contribution >= 0.6 is 0 Å². The van der Waals surface area contributed by atoms with Crippen molar-refractivity contribution in [1.29, 1.82) is 0 Å². The largest absolute Gasteiger partial charge is 0.497 e. The first-order chi connectivity index (χ1) is 12.1. The van der Waals surface area contributed by atoms with Crippen molar-refractivity contribution in [1.82, 2.24) is 15.1 Å². The molecule has 2 heterocycles. The van der Waals surface area contributed by atoms with Gasteiger partial charge in [-0.05, 0) is 30.7 Å². The molecule has 0 spiro atoms. The smallest absolute Gasteiger partial charge is 0.310 e. The fraction of sp³-hybridized carbons (Fsp3) is 0.222. The summed E-state index contributed by atoms with van der Waals surface area (Å²) in [5, 5.41) is 3.89. The molecule has 0 aliphatic rings. The van der Waals surface area contributed by atoms with Crippen LogP contribution in [-0.2, 0) is 22.6 Å². The second kappa shape index (κ2) is 7.57. The molecule has 3 aromatic rings. The molecule has 0 unspecified atom stereocenters. The molecule has 128 valence electrons. The summed E-state index contributed by atoms with van der Waals surface area (Å²) in [6.07, 6.45) is 1.80. The monoisotopic (exact) mass is 339 g/mol. The van der Waals surface area contributed by atoms with Crippen molar-refractivity contribution in [2.45, 2.75) is 20.0 Å². The molecule has 0 aliphatic heterocycles. The number of hydrogen-bond acceptors (Lipinski definition) is 7. The minimum absolute atomic E-state index is 0.0743. The summed E-state index contributed by atoms with van der Waals surface area (Å²) >= 11 is 0. The molecule has 0 saturated heterocycles. The van der Waals surface area contributed by atoms with Crippen LogP contribution in [0.4, 0.5) is 0 Å². The minimum Gasteiger partial charge on any atom is -0.497 e. The van der Waals surface area contributed by atoms with Gasteiger partial charge < -0.3 is 14.0 Å². The standard InChI is InChI=1S/C18H17N3O4/c1-12-6-7-13(10-19-12)8-17(22)24-11-16-20-18(21-25-16)14-4-3-5-15(9-14)23-2/h3-7,9-10H,8,11H2,1-2H3. The van der Waals surface area contributed by atoms with Crippen molar-refractivity contribution in [3.63, 3.8) is 0 Å². The van der Waals surface area contributed by atoms with Gasteiger partial charge in [-0.15, -0.1) is 0 Å². The van der Waals surface area contributed by atoms with E-state index in [-0.39, 0.29) is 24.9 Å². The summed E-state index contributed by atoms with van der Waals surface area (Å²) in [6, 6.07) is 11.0. The Hall–Kier alpha value is -3.22. The number of carbonyl (C=O) groups excluding carboxylic acids is 1. The summed E-state index contributed by atoms with van der Waals surface area (Å²) in [7, 11) is 1.59. The highest BCUT2D eigenvalue weighted by Gasteiger charge is 2.12. The van der Waals surface area contributed by atoms with Gasteiger partial charge in [-0.2, -0.15) is 4.98 Å². The number of pyridine rings is 1. The van der Waals surface area contributed by atoms with Crippen LogP contribution in [0.25, 0.3) is 11.4 Å². The summed E-state index contributed by atoms with van der Waals surface area (Å²) in [5.41, 5.74) is 2.44. The molecule has 2 aromatic heterocycles. The van der Waals surface area contributed by atoms with Crippen LogP contribution in [0.3, 0.4) is 0 Å². The van der Waals surface area contributed by atoms with Gasteiger partial charge >= 0.3 is 5.97 Å². The predicted octanol–water partition coefficient (Wildman–Crippen LogP) is 2.73. The summed E-state index contributed by atoms with van der Waals surface area (Å²) in [4.78, 5) is 20.2. The fourth-order valence-electron chi connectivity index (χ4n) is 2.16. The maximum Gasteiger partial charge on any atom is 0.310 e. The number of benzene rings is 1. The quantitative estimate of drug-likeness (QED) is 0.638. The van der Waals surface area contributed by atoms with Crippen LogP contribution in [0.15, 0.2) is 47.1 Å². The third-order valence-corrected chi connectivity index (χ3v) is 3.47. The molecule has 7 heteroatoms. The number of methoxy groups -OCH3 is 1. The van der Waals surface area contributed by atoms with Gasteiger partial charge in [0.15, 0.2) is 6.61 Å². The van der Waals surface area contributed by atoms with Gasteiger partial charge in [0.05, 0.1) is 13.5 Å². The molecular weight excluding hydrogens is 322 g/mol. The zero-order chi connectivity index (χ0) is 17.6. The molecule has 7 nitrogen and oxygen atoms in total. The number of esters is 1. The number of aryl methyl sites for hydroxylation is 1. The molecule has 0 atom stereocenters. The first-order valence-corrected chi connectivity index (χ1v) is 7.68. The molecule has 0 saturated carbocycles. The van der Waals surface area contributed by atoms with Crippen LogP contribution < -0.4 is 4.74 Å². The van der Waals surface area contributed by atoms with Gasteiger partial charge in [-0.3, -0.25) is 9.78 Å². The molecule has 25 heavy (non-hydrogen) atoms. The first kappa shape index (κ1) is 16.6. The van der Waals surface area contributed by atoms with Crippen LogP contribution in [-0.4, -0.2) is 28.2 Å².